The summed E-state index contributed by atoms with van der Waals surface area (Å²) >= 11 is 0. The summed E-state index contributed by atoms with van der Waals surface area (Å²) < 4.78 is 4.89. The lowest BCUT2D eigenvalue weighted by atomic mass is 10.0. The van der Waals surface area contributed by atoms with E-state index in [9.17, 15) is 9.90 Å². The fourth-order valence-electron chi connectivity index (χ4n) is 1.36. The Hall–Kier alpha value is -2.26. The highest BCUT2D eigenvalue weighted by atomic mass is 16.5. The zero-order valence-electron chi connectivity index (χ0n) is 9.17. The van der Waals surface area contributed by atoms with Crippen molar-refractivity contribution >= 4 is 5.97 Å². The Morgan fingerprint density at radius 1 is 1.65 bits per heavy atom. The highest BCUT2D eigenvalue weighted by molar-refractivity contribution is 5.73. The van der Waals surface area contributed by atoms with Crippen molar-refractivity contribution in [1.29, 1.82) is 5.26 Å². The van der Waals surface area contributed by atoms with Gasteiger partial charge in [-0.25, -0.2) is 0 Å². The van der Waals surface area contributed by atoms with Gasteiger partial charge in [0.2, 0.25) is 0 Å². The number of carboxylic acid groups (broad SMARTS) is 1. The molecule has 6 heteroatoms. The van der Waals surface area contributed by atoms with Crippen molar-refractivity contribution in [2.75, 3.05) is 7.11 Å². The number of phenolic OH excluding ortho intramolecular Hbond substituents is 1. The van der Waals surface area contributed by atoms with Crippen LogP contribution in [0.4, 0.5) is 0 Å². The van der Waals surface area contributed by atoms with E-state index in [4.69, 9.17) is 20.8 Å². The Morgan fingerprint density at radius 2 is 2.29 bits per heavy atom. The predicted molar refractivity (Wildman–Crippen MR) is 58.7 cm³/mol. The number of phenols is 1. The largest absolute Gasteiger partial charge is 0.508 e. The van der Waals surface area contributed by atoms with Gasteiger partial charge in [-0.1, -0.05) is 0 Å². The van der Waals surface area contributed by atoms with Gasteiger partial charge in [0.25, 0.3) is 0 Å². The van der Waals surface area contributed by atoms with Gasteiger partial charge in [-0.3, -0.25) is 4.79 Å². The molecule has 1 atom stereocenters. The van der Waals surface area contributed by atoms with E-state index < -0.39 is 12.0 Å². The molecule has 0 saturated heterocycles. The number of rotatable bonds is 4. The topological polar surface area (TPSA) is 117 Å². The van der Waals surface area contributed by atoms with Crippen molar-refractivity contribution in [3.63, 3.8) is 0 Å². The maximum absolute atomic E-state index is 10.6. The average Bonchev–Trinajstić information content (AvgIpc) is 2.30. The van der Waals surface area contributed by atoms with E-state index in [1.165, 1.54) is 19.2 Å². The molecule has 1 unspecified atom stereocenters. The van der Waals surface area contributed by atoms with E-state index in [1.54, 1.807) is 0 Å². The van der Waals surface area contributed by atoms with Gasteiger partial charge in [-0.15, -0.1) is 0 Å². The van der Waals surface area contributed by atoms with E-state index in [2.05, 4.69) is 0 Å². The van der Waals surface area contributed by atoms with Crippen molar-refractivity contribution in [2.45, 2.75) is 12.5 Å². The van der Waals surface area contributed by atoms with E-state index in [1.807, 2.05) is 6.07 Å². The fraction of sp³-hybridized carbons (Fsp3) is 0.273. The molecular weight excluding hydrogens is 224 g/mol. The van der Waals surface area contributed by atoms with Crippen LogP contribution in [0.5, 0.6) is 11.5 Å². The van der Waals surface area contributed by atoms with Gasteiger partial charge < -0.3 is 20.7 Å². The maximum Gasteiger partial charge on any atom is 0.320 e. The number of carbonyl (C=O) groups is 1. The van der Waals surface area contributed by atoms with Crippen molar-refractivity contribution in [3.8, 4) is 17.6 Å². The third kappa shape index (κ3) is 2.86. The van der Waals surface area contributed by atoms with Crippen molar-refractivity contribution in [3.05, 3.63) is 23.3 Å². The summed E-state index contributed by atoms with van der Waals surface area (Å²) in [5, 5.41) is 27.1. The Balaban J connectivity index is 3.10. The molecular formula is C11H12N2O4. The monoisotopic (exact) mass is 236 g/mol. The molecule has 0 radical (unpaired) electrons. The third-order valence-electron chi connectivity index (χ3n) is 2.28. The second kappa shape index (κ2) is 5.18. The number of hydrogen-bond donors (Lipinski definition) is 3. The molecule has 1 rings (SSSR count). The minimum absolute atomic E-state index is 0.0557. The zero-order chi connectivity index (χ0) is 13.0. The standard InChI is InChI=1S/C11H12N2O4/c1-17-10-4-9(14)6(2-7(10)5-12)3-8(13)11(15)16/h2,4,8,14H,3,13H2,1H3,(H,15,16). The average molecular weight is 236 g/mol. The first kappa shape index (κ1) is 12.8. The van der Waals surface area contributed by atoms with E-state index in [0.717, 1.165) is 0 Å². The summed E-state index contributed by atoms with van der Waals surface area (Å²) in [6, 6.07) is 3.41. The molecule has 4 N–H and O–H groups in total. The molecule has 0 amide bonds. The number of nitrogens with zero attached hydrogens (tertiary/aromatic N) is 1. The van der Waals surface area contributed by atoms with Crippen molar-refractivity contribution in [1.82, 2.24) is 0 Å². The molecule has 0 aliphatic rings. The Morgan fingerprint density at radius 3 is 2.76 bits per heavy atom. The molecule has 0 saturated carbocycles. The van der Waals surface area contributed by atoms with Gasteiger partial charge in [0.15, 0.2) is 0 Å². The predicted octanol–water partition coefficient (Wildman–Crippen LogP) is 0.227. The summed E-state index contributed by atoms with van der Waals surface area (Å²) in [4.78, 5) is 10.6. The molecule has 0 spiro atoms. The van der Waals surface area contributed by atoms with Crippen LogP contribution in [0.3, 0.4) is 0 Å². The van der Waals surface area contributed by atoms with Crippen LogP contribution >= 0.6 is 0 Å². The van der Waals surface area contributed by atoms with Crippen LogP contribution in [-0.4, -0.2) is 29.3 Å². The number of aliphatic carboxylic acids is 1. The highest BCUT2D eigenvalue weighted by Crippen LogP contribution is 2.28. The maximum atomic E-state index is 10.6. The van der Waals surface area contributed by atoms with Gasteiger partial charge in [0, 0.05) is 12.5 Å². The Labute approximate surface area is 97.9 Å². The number of benzene rings is 1. The smallest absolute Gasteiger partial charge is 0.320 e. The van der Waals surface area contributed by atoms with Crippen LogP contribution in [0.15, 0.2) is 12.1 Å². The molecule has 0 aromatic heterocycles. The van der Waals surface area contributed by atoms with Crippen molar-refractivity contribution in [2.24, 2.45) is 5.73 Å². The number of nitriles is 1. The highest BCUT2D eigenvalue weighted by Gasteiger charge is 2.16. The lowest BCUT2D eigenvalue weighted by molar-refractivity contribution is -0.138. The van der Waals surface area contributed by atoms with Crippen LogP contribution < -0.4 is 10.5 Å². The molecule has 6 nitrogen and oxygen atoms in total. The molecule has 90 valence electrons. The summed E-state index contributed by atoms with van der Waals surface area (Å²) in [6.07, 6.45) is -0.0557. The zero-order valence-corrected chi connectivity index (χ0v) is 9.17. The van der Waals surface area contributed by atoms with E-state index >= 15 is 0 Å². The lowest BCUT2D eigenvalue weighted by Crippen LogP contribution is -2.32. The minimum atomic E-state index is -1.17. The number of nitrogens with two attached hydrogens (primary N) is 1. The van der Waals surface area contributed by atoms with Crippen LogP contribution in [0.2, 0.25) is 0 Å². The molecule has 1 aromatic carbocycles. The Kier molecular flexibility index (Phi) is 3.91. The summed E-state index contributed by atoms with van der Waals surface area (Å²) in [6.45, 7) is 0. The molecule has 17 heavy (non-hydrogen) atoms. The summed E-state index contributed by atoms with van der Waals surface area (Å²) in [7, 11) is 1.37. The summed E-state index contributed by atoms with van der Waals surface area (Å²) in [5.41, 5.74) is 5.88. The first-order valence-corrected chi connectivity index (χ1v) is 4.78. The van der Waals surface area contributed by atoms with E-state index in [0.29, 0.717) is 5.56 Å². The number of hydrogen-bond acceptors (Lipinski definition) is 5. The van der Waals surface area contributed by atoms with Gasteiger partial charge in [-0.2, -0.15) is 5.26 Å². The number of carboxylic acids is 1. The summed E-state index contributed by atoms with van der Waals surface area (Å²) in [5.74, 6) is -1.08. The molecule has 0 heterocycles. The SMILES string of the molecule is COc1cc(O)c(CC(N)C(=O)O)cc1C#N. The van der Waals surface area contributed by atoms with Crippen LogP contribution in [-0.2, 0) is 11.2 Å². The van der Waals surface area contributed by atoms with Gasteiger partial charge >= 0.3 is 5.97 Å². The molecule has 1 aromatic rings. The fourth-order valence-corrected chi connectivity index (χ4v) is 1.36. The Bertz CT molecular complexity index is 479. The van der Waals surface area contributed by atoms with E-state index in [-0.39, 0.29) is 23.5 Å². The van der Waals surface area contributed by atoms with Crippen LogP contribution in [0, 0.1) is 11.3 Å². The number of aromatic hydroxyl groups is 1. The third-order valence-corrected chi connectivity index (χ3v) is 2.28. The molecule has 0 bridgehead atoms. The van der Waals surface area contributed by atoms with Gasteiger partial charge in [0.05, 0.1) is 12.7 Å². The van der Waals surface area contributed by atoms with Crippen LogP contribution in [0.25, 0.3) is 0 Å². The first-order chi connectivity index (χ1) is 7.99. The minimum Gasteiger partial charge on any atom is -0.508 e. The molecule has 0 fully saturated rings. The molecule has 0 aliphatic carbocycles. The lowest BCUT2D eigenvalue weighted by Gasteiger charge is -2.11. The molecule has 0 aliphatic heterocycles. The van der Waals surface area contributed by atoms with Crippen LogP contribution in [0.1, 0.15) is 11.1 Å². The second-order valence-electron chi connectivity index (χ2n) is 3.44. The number of ether oxygens (including phenoxy) is 1. The first-order valence-electron chi connectivity index (χ1n) is 4.78. The van der Waals surface area contributed by atoms with Gasteiger partial charge in [0.1, 0.15) is 23.6 Å². The quantitative estimate of drug-likeness (QED) is 0.688. The second-order valence-corrected chi connectivity index (χ2v) is 3.44. The van der Waals surface area contributed by atoms with Gasteiger partial charge in [-0.05, 0) is 11.6 Å². The van der Waals surface area contributed by atoms with Crippen molar-refractivity contribution < 1.29 is 19.7 Å². The number of methoxy groups -OCH3 is 1. The normalized spacial score (nSPS) is 11.6.